The Hall–Kier alpha value is -5.06. The maximum absolute atomic E-state index is 14.0. The fourth-order valence-corrected chi connectivity index (χ4v) is 6.77. The van der Waals surface area contributed by atoms with Crippen LogP contribution in [0.15, 0.2) is 53.3 Å². The molecule has 0 saturated carbocycles. The van der Waals surface area contributed by atoms with Crippen molar-refractivity contribution in [3.63, 3.8) is 0 Å². The third kappa shape index (κ3) is 7.06. The molecule has 0 bridgehead atoms. The maximum atomic E-state index is 14.0. The summed E-state index contributed by atoms with van der Waals surface area (Å²) >= 11 is 0. The predicted molar refractivity (Wildman–Crippen MR) is 192 cm³/mol. The highest BCUT2D eigenvalue weighted by Crippen LogP contribution is 2.50. The molecule has 4 aromatic rings. The van der Waals surface area contributed by atoms with Crippen molar-refractivity contribution in [3.8, 4) is 28.4 Å². The fourth-order valence-electron chi connectivity index (χ4n) is 6.77. The molecule has 11 heteroatoms. The van der Waals surface area contributed by atoms with Gasteiger partial charge < -0.3 is 34.7 Å². The van der Waals surface area contributed by atoms with Crippen LogP contribution in [-0.2, 0) is 22.6 Å². The van der Waals surface area contributed by atoms with E-state index < -0.39 is 12.1 Å². The number of ether oxygens (including phenoxy) is 3. The van der Waals surface area contributed by atoms with E-state index in [1.165, 1.54) is 6.92 Å². The van der Waals surface area contributed by atoms with E-state index in [-0.39, 0.29) is 41.4 Å². The summed E-state index contributed by atoms with van der Waals surface area (Å²) in [6.07, 6.45) is 1.84. The maximum Gasteiger partial charge on any atom is 0.243 e. The van der Waals surface area contributed by atoms with Gasteiger partial charge in [0.05, 0.1) is 50.6 Å². The van der Waals surface area contributed by atoms with Crippen LogP contribution in [0.1, 0.15) is 76.5 Å². The summed E-state index contributed by atoms with van der Waals surface area (Å²) in [5.74, 6) is 1.64. The lowest BCUT2D eigenvalue weighted by molar-refractivity contribution is -0.123. The smallest absolute Gasteiger partial charge is 0.243 e. The minimum atomic E-state index is -0.700. The molecule has 49 heavy (non-hydrogen) atoms. The van der Waals surface area contributed by atoms with Gasteiger partial charge in [-0.25, -0.2) is 4.98 Å². The second-order valence-electron chi connectivity index (χ2n) is 12.8. The number of rotatable bonds is 12. The normalized spacial score (nSPS) is 15.0. The van der Waals surface area contributed by atoms with Crippen LogP contribution in [0.3, 0.4) is 0 Å². The van der Waals surface area contributed by atoms with Crippen LogP contribution < -0.4 is 35.6 Å². The zero-order chi connectivity index (χ0) is 35.4. The van der Waals surface area contributed by atoms with Crippen molar-refractivity contribution in [2.45, 2.75) is 78.6 Å². The highest BCUT2D eigenvalue weighted by atomic mass is 16.5. The van der Waals surface area contributed by atoms with Crippen LogP contribution in [0.4, 0.5) is 5.69 Å². The van der Waals surface area contributed by atoms with Crippen LogP contribution in [0.5, 0.6) is 17.2 Å². The molecule has 0 spiro atoms. The largest absolute Gasteiger partial charge is 0.493 e. The highest BCUT2D eigenvalue weighted by molar-refractivity contribution is 5.86. The number of imidazole rings is 1. The molecule has 1 aliphatic carbocycles. The SMILES string of the molecule is CC[C@@H](C)[C@H](Nc1ccc2c(cc1=O)[C@@H](NC(C)=O)CCc1cc(OC)c(OC)c(OC)c1-2)C(=O)NCc1nc2ccccc2n1C(C)C. The van der Waals surface area contributed by atoms with E-state index in [0.717, 1.165) is 28.0 Å². The van der Waals surface area contributed by atoms with Gasteiger partial charge in [-0.05, 0) is 79.6 Å². The second-order valence-corrected chi connectivity index (χ2v) is 12.8. The number of hydrogen-bond donors (Lipinski definition) is 3. The fraction of sp³-hybridized carbons (Fsp3) is 0.421. The Morgan fingerprint density at radius 2 is 1.73 bits per heavy atom. The van der Waals surface area contributed by atoms with Gasteiger partial charge in [-0.15, -0.1) is 0 Å². The standard InChI is InChI=1S/C38H47N5O6/c1-9-22(4)35(38(46)39-20-33-41-28-12-10-11-13-30(28)43(33)21(2)3)42-29-17-15-25-26(19-31(29)45)27(40-23(5)44)16-14-24-18-32(47-6)36(48-7)37(49-8)34(24)25/h10-13,15,17-19,21-22,27,35H,9,14,16,20H2,1-8H3,(H,39,46)(H,40,44)(H,42,45)/t22-,27+,35+/m1/s1. The Morgan fingerprint density at radius 1 is 1.00 bits per heavy atom. The summed E-state index contributed by atoms with van der Waals surface area (Å²) in [5.41, 5.74) is 4.90. The van der Waals surface area contributed by atoms with Crippen molar-refractivity contribution in [3.05, 3.63) is 75.7 Å². The number of anilines is 1. The first-order valence-electron chi connectivity index (χ1n) is 16.8. The van der Waals surface area contributed by atoms with Gasteiger partial charge in [-0.2, -0.15) is 0 Å². The molecule has 0 saturated heterocycles. The number of hydrogen-bond acceptors (Lipinski definition) is 8. The van der Waals surface area contributed by atoms with Crippen molar-refractivity contribution in [1.82, 2.24) is 20.2 Å². The summed E-state index contributed by atoms with van der Waals surface area (Å²) in [6, 6.07) is 14.0. The number of methoxy groups -OCH3 is 3. The first-order valence-corrected chi connectivity index (χ1v) is 16.8. The highest BCUT2D eigenvalue weighted by Gasteiger charge is 2.30. The minimum absolute atomic E-state index is 0.101. The quantitative estimate of drug-likeness (QED) is 0.169. The average molecular weight is 670 g/mol. The molecular formula is C38H47N5O6. The van der Waals surface area contributed by atoms with E-state index in [2.05, 4.69) is 34.4 Å². The summed E-state index contributed by atoms with van der Waals surface area (Å²) < 4.78 is 19.4. The number of nitrogens with zero attached hydrogens (tertiary/aromatic N) is 2. The molecule has 11 nitrogen and oxygen atoms in total. The molecule has 3 atom stereocenters. The molecule has 0 radical (unpaired) electrons. The molecule has 3 N–H and O–H groups in total. The van der Waals surface area contributed by atoms with Crippen molar-refractivity contribution in [1.29, 1.82) is 0 Å². The van der Waals surface area contributed by atoms with E-state index >= 15 is 0 Å². The molecule has 1 aromatic heterocycles. The lowest BCUT2D eigenvalue weighted by Gasteiger charge is -2.24. The Balaban J connectivity index is 1.55. The van der Waals surface area contributed by atoms with Gasteiger partial charge in [-0.3, -0.25) is 14.4 Å². The summed E-state index contributed by atoms with van der Waals surface area (Å²) in [5, 5.41) is 9.41. The van der Waals surface area contributed by atoms with Gasteiger partial charge >= 0.3 is 0 Å². The first kappa shape index (κ1) is 35.3. The van der Waals surface area contributed by atoms with Crippen molar-refractivity contribution >= 4 is 28.5 Å². The number of aryl methyl sites for hydroxylation is 1. The number of aromatic nitrogens is 2. The van der Waals surface area contributed by atoms with Crippen molar-refractivity contribution < 1.29 is 23.8 Å². The number of benzene rings is 2. The summed E-state index contributed by atoms with van der Waals surface area (Å²) in [6.45, 7) is 9.88. The summed E-state index contributed by atoms with van der Waals surface area (Å²) in [7, 11) is 4.68. The number of carbonyl (C=O) groups excluding carboxylic acids is 2. The third-order valence-corrected chi connectivity index (χ3v) is 9.33. The zero-order valence-electron chi connectivity index (χ0n) is 29.6. The Labute approximate surface area is 287 Å². The minimum Gasteiger partial charge on any atom is -0.493 e. The van der Waals surface area contributed by atoms with Gasteiger partial charge in [0.15, 0.2) is 11.5 Å². The molecule has 2 amide bonds. The van der Waals surface area contributed by atoms with Crippen LogP contribution in [0.25, 0.3) is 22.2 Å². The number of fused-ring (bicyclic) bond motifs is 4. The molecule has 0 aliphatic heterocycles. The molecule has 5 rings (SSSR count). The molecule has 3 aromatic carbocycles. The topological polar surface area (TPSA) is 133 Å². The van der Waals surface area contributed by atoms with Crippen LogP contribution in [0.2, 0.25) is 0 Å². The number of nitrogens with one attached hydrogen (secondary N) is 3. The van der Waals surface area contributed by atoms with Gasteiger partial charge in [0.1, 0.15) is 11.9 Å². The predicted octanol–water partition coefficient (Wildman–Crippen LogP) is 5.94. The van der Waals surface area contributed by atoms with Crippen molar-refractivity contribution in [2.75, 3.05) is 26.6 Å². The van der Waals surface area contributed by atoms with E-state index in [9.17, 15) is 14.4 Å². The van der Waals surface area contributed by atoms with Crippen LogP contribution in [-0.4, -0.2) is 48.7 Å². The number of para-hydroxylation sites is 2. The van der Waals surface area contributed by atoms with E-state index in [1.807, 2.05) is 50.2 Å². The number of carbonyl (C=O) groups is 2. The summed E-state index contributed by atoms with van der Waals surface area (Å²) in [4.78, 5) is 45.0. The molecular weight excluding hydrogens is 622 g/mol. The van der Waals surface area contributed by atoms with Gasteiger partial charge in [0.25, 0.3) is 0 Å². The Bertz CT molecular complexity index is 1920. The van der Waals surface area contributed by atoms with E-state index in [0.29, 0.717) is 47.6 Å². The van der Waals surface area contributed by atoms with E-state index in [1.54, 1.807) is 33.5 Å². The van der Waals surface area contributed by atoms with E-state index in [4.69, 9.17) is 19.2 Å². The lowest BCUT2D eigenvalue weighted by atomic mass is 9.95. The second kappa shape index (κ2) is 15.0. The molecule has 1 aliphatic rings. The molecule has 0 fully saturated rings. The van der Waals surface area contributed by atoms with Crippen molar-refractivity contribution in [2.24, 2.45) is 5.92 Å². The van der Waals surface area contributed by atoms with Gasteiger partial charge in [0, 0.05) is 18.5 Å². The molecule has 260 valence electrons. The number of amides is 2. The van der Waals surface area contributed by atoms with Crippen LogP contribution in [0, 0.1) is 5.92 Å². The van der Waals surface area contributed by atoms with Crippen LogP contribution >= 0.6 is 0 Å². The average Bonchev–Trinajstić information content (AvgIpc) is 3.31. The monoisotopic (exact) mass is 669 g/mol. The Kier molecular flexibility index (Phi) is 10.8. The van der Waals surface area contributed by atoms with Gasteiger partial charge in [-0.1, -0.05) is 38.5 Å². The van der Waals surface area contributed by atoms with Gasteiger partial charge in [0.2, 0.25) is 23.0 Å². The molecule has 0 unspecified atom stereocenters. The third-order valence-electron chi connectivity index (χ3n) is 9.33. The first-order chi connectivity index (χ1) is 23.5. The zero-order valence-corrected chi connectivity index (χ0v) is 29.6. The lowest BCUT2D eigenvalue weighted by Crippen LogP contribution is -2.44. The Morgan fingerprint density at radius 3 is 2.39 bits per heavy atom. The molecule has 1 heterocycles.